The maximum atomic E-state index is 13.4. The van der Waals surface area contributed by atoms with Gasteiger partial charge in [0, 0.05) is 35.3 Å². The predicted octanol–water partition coefficient (Wildman–Crippen LogP) is 6.08. The molecular formula is C30H30IN3O3S. The molecule has 196 valence electrons. The fraction of sp³-hybridized carbons (Fsp3) is 0.267. The summed E-state index contributed by atoms with van der Waals surface area (Å²) in [5.74, 6) is 1.23. The van der Waals surface area contributed by atoms with E-state index in [-0.39, 0.29) is 10.8 Å². The zero-order valence-electron chi connectivity index (χ0n) is 21.5. The lowest BCUT2D eigenvalue weighted by Crippen LogP contribution is -2.24. The number of nitrogens with zero attached hydrogens (tertiary/aromatic N) is 3. The Morgan fingerprint density at radius 3 is 2.58 bits per heavy atom. The number of likely N-dealkylation sites (N-methyl/N-ethyl adjacent to an activating group) is 1. The van der Waals surface area contributed by atoms with Crippen LogP contribution in [0.2, 0.25) is 0 Å². The molecule has 3 aromatic carbocycles. The van der Waals surface area contributed by atoms with Crippen LogP contribution in [0.15, 0.2) is 88.8 Å². The number of alkyl halides is 1. The van der Waals surface area contributed by atoms with Crippen LogP contribution in [0.5, 0.6) is 11.5 Å². The van der Waals surface area contributed by atoms with E-state index in [0.717, 1.165) is 34.5 Å². The summed E-state index contributed by atoms with van der Waals surface area (Å²) in [6, 6.07) is 24.6. The van der Waals surface area contributed by atoms with Gasteiger partial charge in [0.1, 0.15) is 12.9 Å². The van der Waals surface area contributed by atoms with E-state index >= 15 is 0 Å². The molecule has 1 aliphatic heterocycles. The summed E-state index contributed by atoms with van der Waals surface area (Å²) < 4.78 is 14.2. The monoisotopic (exact) mass is 639 g/mol. The van der Waals surface area contributed by atoms with Gasteiger partial charge in [0.25, 0.3) is 5.56 Å². The average Bonchev–Trinajstić information content (AvgIpc) is 3.39. The second kappa shape index (κ2) is 12.4. The van der Waals surface area contributed by atoms with Crippen LogP contribution in [-0.4, -0.2) is 41.8 Å². The van der Waals surface area contributed by atoms with Crippen molar-refractivity contribution in [3.63, 3.8) is 0 Å². The van der Waals surface area contributed by atoms with Crippen LogP contribution in [0, 0.1) is 0 Å². The highest BCUT2D eigenvalue weighted by atomic mass is 127. The molecule has 0 spiro atoms. The molecule has 8 heteroatoms. The van der Waals surface area contributed by atoms with Crippen molar-refractivity contribution in [1.29, 1.82) is 0 Å². The van der Waals surface area contributed by atoms with Crippen molar-refractivity contribution in [3.05, 3.63) is 112 Å². The van der Waals surface area contributed by atoms with E-state index < -0.39 is 0 Å². The van der Waals surface area contributed by atoms with Gasteiger partial charge in [-0.15, -0.1) is 11.8 Å². The lowest BCUT2D eigenvalue weighted by atomic mass is 10.1. The zero-order valence-corrected chi connectivity index (χ0v) is 24.4. The number of rotatable bonds is 10. The molecule has 38 heavy (non-hydrogen) atoms. The smallest absolute Gasteiger partial charge is 0.271 e. The minimum absolute atomic E-state index is 0.0513. The summed E-state index contributed by atoms with van der Waals surface area (Å²) in [7, 11) is 3.69. The van der Waals surface area contributed by atoms with Crippen molar-refractivity contribution in [1.82, 2.24) is 14.5 Å². The molecule has 6 nitrogen and oxygen atoms in total. The average molecular weight is 640 g/mol. The zero-order chi connectivity index (χ0) is 26.5. The number of benzene rings is 3. The number of hydrogen-bond donors (Lipinski definition) is 0. The highest BCUT2D eigenvalue weighted by Crippen LogP contribution is 2.44. The molecule has 0 N–H and O–H groups in total. The Labute approximate surface area is 241 Å². The van der Waals surface area contributed by atoms with Crippen molar-refractivity contribution < 1.29 is 9.47 Å². The number of methoxy groups -OCH3 is 1. The van der Waals surface area contributed by atoms with Crippen LogP contribution in [0.4, 0.5) is 0 Å². The minimum Gasteiger partial charge on any atom is -0.493 e. The third-order valence-corrected chi connectivity index (χ3v) is 8.85. The lowest BCUT2D eigenvalue weighted by Gasteiger charge is -2.18. The van der Waals surface area contributed by atoms with E-state index in [1.54, 1.807) is 29.8 Å². The van der Waals surface area contributed by atoms with E-state index in [1.165, 1.54) is 16.7 Å². The molecule has 0 amide bonds. The van der Waals surface area contributed by atoms with Gasteiger partial charge in [-0.3, -0.25) is 14.3 Å². The van der Waals surface area contributed by atoms with Gasteiger partial charge in [0.15, 0.2) is 11.5 Å². The normalized spacial score (nSPS) is 14.5. The molecule has 0 radical (unpaired) electrons. The van der Waals surface area contributed by atoms with E-state index in [4.69, 9.17) is 9.47 Å². The third-order valence-electron chi connectivity index (χ3n) is 6.60. The minimum atomic E-state index is -0.0513. The third kappa shape index (κ3) is 6.08. The van der Waals surface area contributed by atoms with Crippen LogP contribution in [0.25, 0.3) is 5.69 Å². The standard InChI is InChI=1S/C30H30IN3O3S/c1-33(19-22-6-4-3-5-7-22)14-15-37-26-13-12-24(16-27(26)36-2)34-20-32-25-17-28(38-29(25)30(34)35)23-10-8-21(18-31)9-11-23/h3-13,16,20,28H,14-15,17-19H2,1-2H3. The van der Waals surface area contributed by atoms with E-state index in [0.29, 0.717) is 23.8 Å². The van der Waals surface area contributed by atoms with Gasteiger partial charge < -0.3 is 9.47 Å². The van der Waals surface area contributed by atoms with Crippen LogP contribution < -0.4 is 15.0 Å². The Morgan fingerprint density at radius 2 is 1.84 bits per heavy atom. The SMILES string of the molecule is COc1cc(-n2cnc3c(c2=O)SC(c2ccc(CI)cc2)C3)ccc1OCCN(C)Cc1ccccc1. The van der Waals surface area contributed by atoms with Gasteiger partial charge >= 0.3 is 0 Å². The Bertz CT molecular complexity index is 1440. The van der Waals surface area contributed by atoms with Crippen molar-refractivity contribution in [2.45, 2.75) is 27.5 Å². The van der Waals surface area contributed by atoms with E-state index in [2.05, 4.69) is 88.1 Å². The summed E-state index contributed by atoms with van der Waals surface area (Å²) in [5, 5.41) is 0.203. The fourth-order valence-corrected chi connectivity index (χ4v) is 6.30. The largest absolute Gasteiger partial charge is 0.493 e. The van der Waals surface area contributed by atoms with Crippen molar-refractivity contribution >= 4 is 34.4 Å². The van der Waals surface area contributed by atoms with Crippen LogP contribution in [0.1, 0.15) is 27.6 Å². The maximum Gasteiger partial charge on any atom is 0.271 e. The Hall–Kier alpha value is -2.82. The summed E-state index contributed by atoms with van der Waals surface area (Å²) in [5.41, 5.74) is 5.31. The molecule has 0 bridgehead atoms. The van der Waals surface area contributed by atoms with Gasteiger partial charge in [-0.05, 0) is 35.9 Å². The number of aromatic nitrogens is 2. The van der Waals surface area contributed by atoms with Gasteiger partial charge in [-0.2, -0.15) is 0 Å². The van der Waals surface area contributed by atoms with Crippen LogP contribution in [0.3, 0.4) is 0 Å². The van der Waals surface area contributed by atoms with Crippen molar-refractivity contribution in [2.24, 2.45) is 0 Å². The first-order valence-corrected chi connectivity index (χ1v) is 14.9. The van der Waals surface area contributed by atoms with E-state index in [9.17, 15) is 4.79 Å². The second-order valence-corrected chi connectivity index (χ2v) is 11.3. The molecule has 2 heterocycles. The van der Waals surface area contributed by atoms with E-state index in [1.807, 2.05) is 24.3 Å². The van der Waals surface area contributed by atoms with Crippen LogP contribution >= 0.6 is 34.4 Å². The molecule has 4 aromatic rings. The van der Waals surface area contributed by atoms with Crippen LogP contribution in [-0.2, 0) is 17.4 Å². The Kier molecular flexibility index (Phi) is 8.71. The molecule has 5 rings (SSSR count). The summed E-state index contributed by atoms with van der Waals surface area (Å²) >= 11 is 3.98. The van der Waals surface area contributed by atoms with Gasteiger partial charge in [-0.25, -0.2) is 4.98 Å². The highest BCUT2D eigenvalue weighted by Gasteiger charge is 2.28. The molecule has 1 aromatic heterocycles. The Morgan fingerprint density at radius 1 is 1.05 bits per heavy atom. The highest BCUT2D eigenvalue weighted by molar-refractivity contribution is 14.1. The molecule has 0 aliphatic carbocycles. The molecule has 1 aliphatic rings. The number of hydrogen-bond acceptors (Lipinski definition) is 6. The number of thioether (sulfide) groups is 1. The van der Waals surface area contributed by atoms with Gasteiger partial charge in [0.2, 0.25) is 0 Å². The van der Waals surface area contributed by atoms with Crippen molar-refractivity contribution in [2.75, 3.05) is 27.3 Å². The first-order valence-electron chi connectivity index (χ1n) is 12.5. The summed E-state index contributed by atoms with van der Waals surface area (Å²) in [6.45, 7) is 2.15. The molecule has 1 atom stereocenters. The predicted molar refractivity (Wildman–Crippen MR) is 161 cm³/mol. The molecule has 0 saturated carbocycles. The number of fused-ring (bicyclic) bond motifs is 1. The maximum absolute atomic E-state index is 13.4. The van der Waals surface area contributed by atoms with Gasteiger partial charge in [-0.1, -0.05) is 77.2 Å². The van der Waals surface area contributed by atoms with Crippen molar-refractivity contribution in [3.8, 4) is 17.2 Å². The second-order valence-electron chi connectivity index (χ2n) is 9.29. The first kappa shape index (κ1) is 26.8. The molecule has 1 unspecified atom stereocenters. The lowest BCUT2D eigenvalue weighted by molar-refractivity contribution is 0.226. The molecule has 0 saturated heterocycles. The quantitative estimate of drug-likeness (QED) is 0.155. The number of halogens is 1. The summed E-state index contributed by atoms with van der Waals surface area (Å²) in [4.78, 5) is 21.0. The van der Waals surface area contributed by atoms with Gasteiger partial charge in [0.05, 0.1) is 23.4 Å². The topological polar surface area (TPSA) is 56.6 Å². The first-order chi connectivity index (χ1) is 18.6. The molecular weight excluding hydrogens is 609 g/mol. The Balaban J connectivity index is 1.26. The summed E-state index contributed by atoms with van der Waals surface area (Å²) in [6.07, 6.45) is 2.38. The number of ether oxygens (including phenoxy) is 2. The fourth-order valence-electron chi connectivity index (χ4n) is 4.50. The molecule has 0 fully saturated rings.